The standard InChI is InChI=1S/C10H9N3O2S/c11-7-1-2-8(10(14)15)13-9(7)12-6-3-4-16-5-6/h1-5H,11H2,(H,12,13)(H,14,15). The number of rotatable bonds is 3. The van der Waals surface area contributed by atoms with Gasteiger partial charge in [-0.2, -0.15) is 11.3 Å². The van der Waals surface area contributed by atoms with Crippen molar-refractivity contribution >= 4 is 34.5 Å². The number of nitrogens with zero attached hydrogens (tertiary/aromatic N) is 1. The smallest absolute Gasteiger partial charge is 0.354 e. The number of carboxylic acids is 1. The van der Waals surface area contributed by atoms with Gasteiger partial charge in [0, 0.05) is 5.38 Å². The monoisotopic (exact) mass is 235 g/mol. The van der Waals surface area contributed by atoms with Gasteiger partial charge in [-0.25, -0.2) is 9.78 Å². The lowest BCUT2D eigenvalue weighted by molar-refractivity contribution is 0.0690. The molecule has 2 rings (SSSR count). The summed E-state index contributed by atoms with van der Waals surface area (Å²) < 4.78 is 0. The van der Waals surface area contributed by atoms with Crippen LogP contribution in [0.4, 0.5) is 17.2 Å². The Kier molecular flexibility index (Phi) is 2.74. The molecule has 0 saturated heterocycles. The fourth-order valence-electron chi connectivity index (χ4n) is 1.16. The molecular formula is C10H9N3O2S. The SMILES string of the molecule is Nc1ccc(C(=O)O)nc1Nc1ccsc1. The average molecular weight is 235 g/mol. The van der Waals surface area contributed by atoms with E-state index in [4.69, 9.17) is 10.8 Å². The van der Waals surface area contributed by atoms with Crippen molar-refractivity contribution in [1.82, 2.24) is 4.98 Å². The highest BCUT2D eigenvalue weighted by molar-refractivity contribution is 7.08. The van der Waals surface area contributed by atoms with Gasteiger partial charge in [0.25, 0.3) is 0 Å². The van der Waals surface area contributed by atoms with Crippen LogP contribution in [0.2, 0.25) is 0 Å². The summed E-state index contributed by atoms with van der Waals surface area (Å²) in [6.07, 6.45) is 0. The van der Waals surface area contributed by atoms with Crippen molar-refractivity contribution in [2.75, 3.05) is 11.1 Å². The molecule has 0 aliphatic carbocycles. The van der Waals surface area contributed by atoms with Gasteiger partial charge >= 0.3 is 5.97 Å². The molecule has 2 aromatic rings. The van der Waals surface area contributed by atoms with Crippen LogP contribution >= 0.6 is 11.3 Å². The molecule has 0 spiro atoms. The summed E-state index contributed by atoms with van der Waals surface area (Å²) in [5.74, 6) is -0.716. The number of hydrogen-bond acceptors (Lipinski definition) is 5. The molecule has 0 radical (unpaired) electrons. The van der Waals surface area contributed by atoms with Crippen molar-refractivity contribution in [3.05, 3.63) is 34.7 Å². The van der Waals surface area contributed by atoms with Crippen LogP contribution in [0, 0.1) is 0 Å². The number of hydrogen-bond donors (Lipinski definition) is 3. The summed E-state index contributed by atoms with van der Waals surface area (Å²) in [5.41, 5.74) is 6.91. The maximum absolute atomic E-state index is 10.7. The van der Waals surface area contributed by atoms with Crippen LogP contribution in [-0.2, 0) is 0 Å². The zero-order valence-corrected chi connectivity index (χ0v) is 8.99. The molecule has 0 aliphatic rings. The van der Waals surface area contributed by atoms with E-state index in [1.54, 1.807) is 0 Å². The first-order valence-electron chi connectivity index (χ1n) is 4.46. The normalized spacial score (nSPS) is 10.0. The number of pyridine rings is 1. The molecule has 82 valence electrons. The van der Waals surface area contributed by atoms with Gasteiger partial charge in [-0.15, -0.1) is 0 Å². The Morgan fingerprint density at radius 2 is 2.25 bits per heavy atom. The first kappa shape index (κ1) is 10.4. The van der Waals surface area contributed by atoms with Gasteiger partial charge in [0.2, 0.25) is 0 Å². The van der Waals surface area contributed by atoms with Crippen molar-refractivity contribution in [3.63, 3.8) is 0 Å². The van der Waals surface area contributed by atoms with Crippen LogP contribution in [-0.4, -0.2) is 16.1 Å². The maximum atomic E-state index is 10.7. The van der Waals surface area contributed by atoms with E-state index in [-0.39, 0.29) is 5.69 Å². The number of aromatic nitrogens is 1. The Labute approximate surface area is 95.6 Å². The maximum Gasteiger partial charge on any atom is 0.354 e. The predicted molar refractivity (Wildman–Crippen MR) is 63.2 cm³/mol. The second-order valence-corrected chi connectivity index (χ2v) is 3.86. The second-order valence-electron chi connectivity index (χ2n) is 3.08. The van der Waals surface area contributed by atoms with Gasteiger partial charge < -0.3 is 16.2 Å². The number of carboxylic acid groups (broad SMARTS) is 1. The molecule has 0 fully saturated rings. The molecule has 0 amide bonds. The number of nitrogens with two attached hydrogens (primary N) is 1. The number of nitrogens with one attached hydrogen (secondary N) is 1. The highest BCUT2D eigenvalue weighted by atomic mass is 32.1. The molecule has 0 saturated carbocycles. The molecule has 2 heterocycles. The van der Waals surface area contributed by atoms with Gasteiger partial charge in [-0.05, 0) is 23.6 Å². The van der Waals surface area contributed by atoms with Crippen LogP contribution in [0.1, 0.15) is 10.5 Å². The van der Waals surface area contributed by atoms with E-state index >= 15 is 0 Å². The zero-order valence-electron chi connectivity index (χ0n) is 8.18. The first-order chi connectivity index (χ1) is 7.66. The van der Waals surface area contributed by atoms with E-state index < -0.39 is 5.97 Å². The molecule has 6 heteroatoms. The molecule has 0 atom stereocenters. The summed E-state index contributed by atoms with van der Waals surface area (Å²) in [5, 5.41) is 15.5. The summed E-state index contributed by atoms with van der Waals surface area (Å²) >= 11 is 1.53. The molecule has 16 heavy (non-hydrogen) atoms. The van der Waals surface area contributed by atoms with Crippen molar-refractivity contribution in [1.29, 1.82) is 0 Å². The molecule has 0 aromatic carbocycles. The van der Waals surface area contributed by atoms with Gasteiger partial charge in [-0.1, -0.05) is 0 Å². The highest BCUT2D eigenvalue weighted by Gasteiger charge is 2.08. The average Bonchev–Trinajstić information content (AvgIpc) is 2.73. The predicted octanol–water partition coefficient (Wildman–Crippen LogP) is 2.17. The quantitative estimate of drug-likeness (QED) is 0.758. The zero-order chi connectivity index (χ0) is 11.5. The largest absolute Gasteiger partial charge is 0.477 e. The lowest BCUT2D eigenvalue weighted by Gasteiger charge is -2.06. The summed E-state index contributed by atoms with van der Waals surface area (Å²) in [4.78, 5) is 14.7. The molecule has 0 bridgehead atoms. The first-order valence-corrected chi connectivity index (χ1v) is 5.40. The number of thiophene rings is 1. The Hall–Kier alpha value is -2.08. The van der Waals surface area contributed by atoms with E-state index in [2.05, 4.69) is 10.3 Å². The highest BCUT2D eigenvalue weighted by Crippen LogP contribution is 2.22. The van der Waals surface area contributed by atoms with Crippen molar-refractivity contribution in [2.45, 2.75) is 0 Å². The lowest BCUT2D eigenvalue weighted by Crippen LogP contribution is -2.05. The molecule has 0 aliphatic heterocycles. The third-order valence-corrected chi connectivity index (χ3v) is 2.61. The van der Waals surface area contributed by atoms with Crippen molar-refractivity contribution < 1.29 is 9.90 Å². The summed E-state index contributed by atoms with van der Waals surface area (Å²) in [6.45, 7) is 0. The van der Waals surface area contributed by atoms with E-state index in [9.17, 15) is 4.79 Å². The van der Waals surface area contributed by atoms with Gasteiger partial charge in [0.15, 0.2) is 11.5 Å². The fourth-order valence-corrected chi connectivity index (χ4v) is 1.75. The van der Waals surface area contributed by atoms with Crippen molar-refractivity contribution in [2.24, 2.45) is 0 Å². The molecule has 0 unspecified atom stereocenters. The van der Waals surface area contributed by atoms with Gasteiger partial charge in [0.1, 0.15) is 0 Å². The Balaban J connectivity index is 2.32. The third kappa shape index (κ3) is 2.12. The fraction of sp³-hybridized carbons (Fsp3) is 0. The second kappa shape index (κ2) is 4.19. The molecule has 4 N–H and O–H groups in total. The van der Waals surface area contributed by atoms with Gasteiger partial charge in [-0.3, -0.25) is 0 Å². The summed E-state index contributed by atoms with van der Waals surface area (Å²) in [7, 11) is 0. The lowest BCUT2D eigenvalue weighted by atomic mass is 10.3. The Morgan fingerprint density at radius 1 is 1.44 bits per heavy atom. The van der Waals surface area contributed by atoms with E-state index in [0.29, 0.717) is 11.5 Å². The number of anilines is 3. The Morgan fingerprint density at radius 3 is 2.88 bits per heavy atom. The molecule has 5 nitrogen and oxygen atoms in total. The van der Waals surface area contributed by atoms with E-state index in [1.807, 2.05) is 16.8 Å². The number of carbonyl (C=O) groups is 1. The van der Waals surface area contributed by atoms with Crippen LogP contribution in [0.25, 0.3) is 0 Å². The topological polar surface area (TPSA) is 88.2 Å². The minimum atomic E-state index is -1.08. The van der Waals surface area contributed by atoms with E-state index in [1.165, 1.54) is 23.5 Å². The van der Waals surface area contributed by atoms with Gasteiger partial charge in [0.05, 0.1) is 11.4 Å². The van der Waals surface area contributed by atoms with Crippen LogP contribution in [0.3, 0.4) is 0 Å². The minimum Gasteiger partial charge on any atom is -0.477 e. The third-order valence-electron chi connectivity index (χ3n) is 1.93. The minimum absolute atomic E-state index is 0.0353. The van der Waals surface area contributed by atoms with Crippen LogP contribution in [0.5, 0.6) is 0 Å². The molecule has 2 aromatic heterocycles. The number of nitrogen functional groups attached to an aromatic ring is 1. The van der Waals surface area contributed by atoms with Crippen LogP contribution < -0.4 is 11.1 Å². The number of aromatic carboxylic acids is 1. The Bertz CT molecular complexity index is 511. The van der Waals surface area contributed by atoms with Crippen molar-refractivity contribution in [3.8, 4) is 0 Å². The van der Waals surface area contributed by atoms with Crippen LogP contribution in [0.15, 0.2) is 29.0 Å². The molecular weight excluding hydrogens is 226 g/mol. The summed E-state index contributed by atoms with van der Waals surface area (Å²) in [6, 6.07) is 4.75. The van der Waals surface area contributed by atoms with E-state index in [0.717, 1.165) is 5.69 Å².